The maximum Gasteiger partial charge on any atom is -0.0512 e. The van der Waals surface area contributed by atoms with Gasteiger partial charge >= 0.3 is 30.2 Å². The van der Waals surface area contributed by atoms with Gasteiger partial charge in [0.2, 0.25) is 0 Å². The first-order valence-electron chi connectivity index (χ1n) is 9.07. The maximum absolute atomic E-state index is 3.25. The van der Waals surface area contributed by atoms with E-state index in [2.05, 4.69) is 57.1 Å². The Bertz CT molecular complexity index is 422. The molecule has 4 rings (SSSR count). The molecule has 2 aromatic rings. The molecule has 0 saturated heterocycles. The van der Waals surface area contributed by atoms with Gasteiger partial charge in [-0.05, 0) is 0 Å². The molecule has 0 unspecified atom stereocenters. The van der Waals surface area contributed by atoms with Crippen molar-refractivity contribution in [1.82, 2.24) is 0 Å². The van der Waals surface area contributed by atoms with Gasteiger partial charge in [0.15, 0.2) is 0 Å². The quantitative estimate of drug-likeness (QED) is 0.373. The first-order chi connectivity index (χ1) is 11.9. The first kappa shape index (κ1) is 23.8. The van der Waals surface area contributed by atoms with E-state index in [0.717, 1.165) is 0 Å². The molecular weight excluding hydrogens is 384 g/mol. The molecule has 0 amide bonds. The van der Waals surface area contributed by atoms with Crippen LogP contribution in [0.5, 0.6) is 0 Å². The third-order valence-electron chi connectivity index (χ3n) is 4.30. The van der Waals surface area contributed by atoms with E-state index < -0.39 is 0 Å². The van der Waals surface area contributed by atoms with Crippen LogP contribution in [0.15, 0.2) is 36.4 Å². The van der Waals surface area contributed by atoms with Crippen molar-refractivity contribution in [2.45, 2.75) is 65.2 Å². The van der Waals surface area contributed by atoms with E-state index in [1.807, 2.05) is 0 Å². The van der Waals surface area contributed by atoms with Crippen LogP contribution in [0.25, 0.3) is 0 Å². The zero-order valence-electron chi connectivity index (χ0n) is 15.5. The summed E-state index contributed by atoms with van der Waals surface area (Å²) in [5.74, 6) is 0. The van der Waals surface area contributed by atoms with Crippen molar-refractivity contribution < 1.29 is 23.3 Å². The van der Waals surface area contributed by atoms with Gasteiger partial charge in [0.1, 0.15) is 0 Å². The van der Waals surface area contributed by atoms with Crippen LogP contribution >= 0.6 is 0 Å². The van der Waals surface area contributed by atoms with Crippen LogP contribution in [-0.4, -0.2) is 6.88 Å². The molecule has 0 atom stereocenters. The van der Waals surface area contributed by atoms with E-state index in [1.165, 1.54) is 74.7 Å². The molecule has 24 heavy (non-hydrogen) atoms. The Morgan fingerprint density at radius 1 is 0.708 bits per heavy atom. The van der Waals surface area contributed by atoms with Crippen molar-refractivity contribution in [2.24, 2.45) is 0 Å². The SMILES string of the molecule is [CH2-]C.[CH2-]C.[Si]=[Zr].c1cc2c([cH-]1)CCCC2.c1cc2c([cH-]1)CCCC2. The maximum atomic E-state index is 3.25. The fourth-order valence-corrected chi connectivity index (χ4v) is 3.23. The van der Waals surface area contributed by atoms with Crippen LogP contribution in [0.1, 0.15) is 61.8 Å². The summed E-state index contributed by atoms with van der Waals surface area (Å²) >= 11 is 1.36. The van der Waals surface area contributed by atoms with Gasteiger partial charge in [-0.1, -0.05) is 51.4 Å². The molecule has 2 aliphatic carbocycles. The molecule has 0 heterocycles. The zero-order chi connectivity index (χ0) is 18.2. The molecule has 0 spiro atoms. The third-order valence-corrected chi connectivity index (χ3v) is 4.30. The molecule has 2 aromatic carbocycles. The van der Waals surface area contributed by atoms with Crippen LogP contribution in [-0.2, 0) is 49.0 Å². The standard InChI is InChI=1S/2C9H11.2C2H5.Si.Zr/c2*1-2-5-9-7-3-6-8(9)4-1;2*1-2;;/h2*3,6-7H,1-2,4-5H2;2*1H2,2H3;;/q4*-1;;. The van der Waals surface area contributed by atoms with Gasteiger partial charge < -0.3 is 13.8 Å². The second-order valence-electron chi connectivity index (χ2n) is 5.57. The molecular formula is C22H32SiZr-4. The third kappa shape index (κ3) is 8.26. The predicted molar refractivity (Wildman–Crippen MR) is 105 cm³/mol. The minimum Gasteiger partial charge on any atom is -0.210 e. The summed E-state index contributed by atoms with van der Waals surface area (Å²) in [7, 11) is 0. The van der Waals surface area contributed by atoms with E-state index in [9.17, 15) is 0 Å². The normalized spacial score (nSPS) is 13.6. The predicted octanol–water partition coefficient (Wildman–Crippen LogP) is 5.87. The topological polar surface area (TPSA) is 0 Å². The van der Waals surface area contributed by atoms with Crippen LogP contribution in [0.3, 0.4) is 0 Å². The molecule has 132 valence electrons. The molecule has 0 saturated carbocycles. The Balaban J connectivity index is 0.000000338. The summed E-state index contributed by atoms with van der Waals surface area (Å²) in [5.41, 5.74) is 6.39. The van der Waals surface area contributed by atoms with Crippen molar-refractivity contribution in [2.75, 3.05) is 0 Å². The fourth-order valence-electron chi connectivity index (χ4n) is 3.23. The molecule has 2 heteroatoms. The van der Waals surface area contributed by atoms with E-state index >= 15 is 0 Å². The van der Waals surface area contributed by atoms with Gasteiger partial charge in [0, 0.05) is 0 Å². The molecule has 0 fully saturated rings. The Morgan fingerprint density at radius 2 is 1.04 bits per heavy atom. The molecule has 0 nitrogen and oxygen atoms in total. The minimum atomic E-state index is 1.32. The molecule has 2 radical (unpaired) electrons. The van der Waals surface area contributed by atoms with E-state index in [-0.39, 0.29) is 0 Å². The van der Waals surface area contributed by atoms with E-state index in [1.54, 1.807) is 36.1 Å². The Kier molecular flexibility index (Phi) is 16.1. The Labute approximate surface area is 167 Å². The van der Waals surface area contributed by atoms with Crippen molar-refractivity contribution in [3.8, 4) is 0 Å². The Morgan fingerprint density at radius 3 is 1.38 bits per heavy atom. The van der Waals surface area contributed by atoms with Gasteiger partial charge in [0.05, 0.1) is 0 Å². The molecule has 0 aliphatic heterocycles. The van der Waals surface area contributed by atoms with E-state index in [4.69, 9.17) is 0 Å². The van der Waals surface area contributed by atoms with Crippen LogP contribution in [0, 0.1) is 13.8 Å². The second-order valence-corrected chi connectivity index (χ2v) is 5.57. The van der Waals surface area contributed by atoms with Crippen LogP contribution in [0.4, 0.5) is 0 Å². The smallest absolute Gasteiger partial charge is 0.0512 e. The molecule has 0 aromatic heterocycles. The summed E-state index contributed by atoms with van der Waals surface area (Å²) in [6.07, 6.45) is 10.9. The van der Waals surface area contributed by atoms with Crippen molar-refractivity contribution >= 4 is 6.88 Å². The minimum absolute atomic E-state index is 1.32. The summed E-state index contributed by atoms with van der Waals surface area (Å²) in [6, 6.07) is 13.4. The van der Waals surface area contributed by atoms with Gasteiger partial charge in [-0.25, -0.2) is 12.1 Å². The monoisotopic (exact) mass is 414 g/mol. The van der Waals surface area contributed by atoms with Crippen molar-refractivity contribution in [3.05, 3.63) is 72.5 Å². The van der Waals surface area contributed by atoms with Crippen molar-refractivity contribution in [3.63, 3.8) is 0 Å². The number of rotatable bonds is 0. The van der Waals surface area contributed by atoms with Crippen LogP contribution < -0.4 is 0 Å². The number of aryl methyl sites for hydroxylation is 4. The first-order valence-corrected chi connectivity index (χ1v) is 13.3. The zero-order valence-corrected chi connectivity index (χ0v) is 19.0. The van der Waals surface area contributed by atoms with Gasteiger partial charge in [0.25, 0.3) is 0 Å². The van der Waals surface area contributed by atoms with Crippen molar-refractivity contribution in [1.29, 1.82) is 0 Å². The average Bonchev–Trinajstić information content (AvgIpc) is 3.36. The molecule has 0 bridgehead atoms. The Hall–Kier alpha value is -0.200. The number of hydrogen-bond acceptors (Lipinski definition) is 0. The van der Waals surface area contributed by atoms with Gasteiger partial charge in [-0.3, -0.25) is 0 Å². The summed E-state index contributed by atoms with van der Waals surface area (Å²) < 4.78 is 0. The summed E-state index contributed by atoms with van der Waals surface area (Å²) in [6.45, 7) is 13.1. The average molecular weight is 416 g/mol. The molecule has 0 N–H and O–H groups in total. The largest absolute Gasteiger partial charge is 0.210 e. The van der Waals surface area contributed by atoms with Gasteiger partial charge in [-0.15, -0.1) is 0 Å². The van der Waals surface area contributed by atoms with E-state index in [0.29, 0.717) is 0 Å². The molecule has 2 aliphatic rings. The fraction of sp³-hybridized carbons (Fsp3) is 0.455. The second kappa shape index (κ2) is 16.3. The number of fused-ring (bicyclic) bond motifs is 2. The van der Waals surface area contributed by atoms with Crippen LogP contribution in [0.2, 0.25) is 0 Å². The summed E-state index contributed by atoms with van der Waals surface area (Å²) in [5, 5.41) is 0. The summed E-state index contributed by atoms with van der Waals surface area (Å²) in [4.78, 5) is 0. The van der Waals surface area contributed by atoms with Gasteiger partial charge in [-0.2, -0.15) is 60.4 Å². The number of hydrogen-bond donors (Lipinski definition) is 0.